The first-order chi connectivity index (χ1) is 9.56. The molecule has 0 radical (unpaired) electrons. The summed E-state index contributed by atoms with van der Waals surface area (Å²) >= 11 is 7.23. The van der Waals surface area contributed by atoms with Crippen molar-refractivity contribution in [1.29, 1.82) is 0 Å². The van der Waals surface area contributed by atoms with Crippen molar-refractivity contribution in [3.63, 3.8) is 0 Å². The van der Waals surface area contributed by atoms with Crippen molar-refractivity contribution < 1.29 is 0 Å². The van der Waals surface area contributed by atoms with Crippen molar-refractivity contribution in [1.82, 2.24) is 4.90 Å². The maximum atomic E-state index is 3.67. The first kappa shape index (κ1) is 16.1. The smallest absolute Gasteiger partial charge is 0.0631 e. The van der Waals surface area contributed by atoms with Crippen molar-refractivity contribution in [2.24, 2.45) is 0 Å². The van der Waals surface area contributed by atoms with Gasteiger partial charge in [0.2, 0.25) is 0 Å². The molecule has 1 aliphatic heterocycles. The van der Waals surface area contributed by atoms with Crippen LogP contribution in [0.3, 0.4) is 0 Å². The number of nitrogens with zero attached hydrogens (tertiary/aromatic N) is 1. The fourth-order valence-electron chi connectivity index (χ4n) is 2.41. The molecule has 20 heavy (non-hydrogen) atoms. The lowest BCUT2D eigenvalue weighted by molar-refractivity contribution is 0.240. The third-order valence-electron chi connectivity index (χ3n) is 3.66. The normalized spacial score (nSPS) is 17.0. The van der Waals surface area contributed by atoms with Gasteiger partial charge in [-0.25, -0.2) is 0 Å². The summed E-state index contributed by atoms with van der Waals surface area (Å²) in [6.45, 7) is 7.76. The minimum atomic E-state index is 0.563. The van der Waals surface area contributed by atoms with E-state index in [1.54, 1.807) is 0 Å². The van der Waals surface area contributed by atoms with Crippen molar-refractivity contribution in [3.8, 4) is 0 Å². The molecule has 1 aromatic carbocycles. The van der Waals surface area contributed by atoms with Crippen molar-refractivity contribution >= 4 is 37.5 Å². The first-order valence-electron chi connectivity index (χ1n) is 7.12. The number of nitrogens with one attached hydrogen (secondary N) is 1. The number of anilines is 1. The van der Waals surface area contributed by atoms with Crippen LogP contribution < -0.4 is 5.32 Å². The van der Waals surface area contributed by atoms with E-state index in [9.17, 15) is 0 Å². The highest BCUT2D eigenvalue weighted by Gasteiger charge is 2.19. The summed E-state index contributed by atoms with van der Waals surface area (Å²) in [5.41, 5.74) is 2.58. The molecule has 4 heteroatoms. The zero-order valence-electron chi connectivity index (χ0n) is 12.1. The third kappa shape index (κ3) is 4.61. The average molecular weight is 402 g/mol. The Balaban J connectivity index is 1.87. The maximum Gasteiger partial charge on any atom is 0.0631 e. The summed E-state index contributed by atoms with van der Waals surface area (Å²) in [5, 5.41) is 3.67. The molecule has 1 N–H and O–H groups in total. The number of benzene rings is 1. The lowest BCUT2D eigenvalue weighted by Gasteiger charge is -2.32. The Labute approximate surface area is 138 Å². The Morgan fingerprint density at radius 1 is 1.25 bits per heavy atom. The number of piperidine rings is 1. The Morgan fingerprint density at radius 2 is 1.85 bits per heavy atom. The lowest BCUT2D eigenvalue weighted by atomic mass is 10.0. The topological polar surface area (TPSA) is 15.3 Å². The SMILES string of the molecule is CC(C)=CCN1CCC(Nc2c(Br)cccc2Br)CC1. The maximum absolute atomic E-state index is 3.67. The van der Waals surface area contributed by atoms with Gasteiger partial charge in [-0.05, 0) is 70.7 Å². The Hall–Kier alpha value is -0.320. The van der Waals surface area contributed by atoms with Gasteiger partial charge in [-0.2, -0.15) is 0 Å². The molecule has 0 aliphatic carbocycles. The van der Waals surface area contributed by atoms with E-state index in [1.165, 1.54) is 37.2 Å². The van der Waals surface area contributed by atoms with Crippen LogP contribution in [0, 0.1) is 0 Å². The number of likely N-dealkylation sites (tertiary alicyclic amines) is 1. The van der Waals surface area contributed by atoms with Crippen molar-refractivity contribution in [2.75, 3.05) is 25.0 Å². The van der Waals surface area contributed by atoms with Crippen LogP contribution in [-0.4, -0.2) is 30.6 Å². The van der Waals surface area contributed by atoms with E-state index >= 15 is 0 Å². The van der Waals surface area contributed by atoms with Gasteiger partial charge in [-0.1, -0.05) is 17.7 Å². The van der Waals surface area contributed by atoms with E-state index in [0.717, 1.165) is 15.5 Å². The molecular weight excluding hydrogens is 380 g/mol. The molecule has 0 atom stereocenters. The molecule has 1 fully saturated rings. The number of hydrogen-bond acceptors (Lipinski definition) is 2. The molecule has 1 heterocycles. The monoisotopic (exact) mass is 400 g/mol. The molecule has 0 bridgehead atoms. The largest absolute Gasteiger partial charge is 0.380 e. The molecule has 0 aromatic heterocycles. The first-order valence-corrected chi connectivity index (χ1v) is 8.71. The zero-order chi connectivity index (χ0) is 14.5. The van der Waals surface area contributed by atoms with Gasteiger partial charge in [0, 0.05) is 34.6 Å². The van der Waals surface area contributed by atoms with E-state index in [4.69, 9.17) is 0 Å². The molecule has 0 unspecified atom stereocenters. The standard InChI is InChI=1S/C16H22Br2N2/c1-12(2)6-9-20-10-7-13(8-11-20)19-16-14(17)4-3-5-15(16)18/h3-6,13,19H,7-11H2,1-2H3. The Kier molecular flexibility index (Phi) is 6.12. The zero-order valence-corrected chi connectivity index (χ0v) is 15.3. The van der Waals surface area contributed by atoms with E-state index in [0.29, 0.717) is 6.04 Å². The second-order valence-corrected chi connectivity index (χ2v) is 7.31. The predicted octanol–water partition coefficient (Wildman–Crippen LogP) is 5.05. The number of para-hydroxylation sites is 1. The number of allylic oxidation sites excluding steroid dienone is 1. The van der Waals surface area contributed by atoms with Crippen LogP contribution in [0.25, 0.3) is 0 Å². The van der Waals surface area contributed by atoms with Gasteiger partial charge < -0.3 is 5.32 Å². The summed E-state index contributed by atoms with van der Waals surface area (Å²) in [5.74, 6) is 0. The summed E-state index contributed by atoms with van der Waals surface area (Å²) < 4.78 is 2.25. The molecular formula is C16H22Br2N2. The second-order valence-electron chi connectivity index (χ2n) is 5.60. The number of halogens is 2. The fraction of sp³-hybridized carbons (Fsp3) is 0.500. The van der Waals surface area contributed by atoms with E-state index < -0.39 is 0 Å². The predicted molar refractivity (Wildman–Crippen MR) is 94.4 cm³/mol. The van der Waals surface area contributed by atoms with E-state index in [-0.39, 0.29) is 0 Å². The molecule has 0 spiro atoms. The second kappa shape index (κ2) is 7.62. The molecule has 110 valence electrons. The highest BCUT2D eigenvalue weighted by molar-refractivity contribution is 9.11. The van der Waals surface area contributed by atoms with Gasteiger partial charge in [0.1, 0.15) is 0 Å². The van der Waals surface area contributed by atoms with Gasteiger partial charge >= 0.3 is 0 Å². The minimum Gasteiger partial charge on any atom is -0.380 e. The van der Waals surface area contributed by atoms with Crippen LogP contribution in [-0.2, 0) is 0 Å². The number of hydrogen-bond donors (Lipinski definition) is 1. The van der Waals surface area contributed by atoms with Crippen molar-refractivity contribution in [3.05, 3.63) is 38.8 Å². The molecule has 1 aromatic rings. The van der Waals surface area contributed by atoms with Gasteiger partial charge in [0.15, 0.2) is 0 Å². The van der Waals surface area contributed by atoms with Gasteiger partial charge in [0.25, 0.3) is 0 Å². The van der Waals surface area contributed by atoms with Crippen LogP contribution in [0.2, 0.25) is 0 Å². The molecule has 2 nitrogen and oxygen atoms in total. The van der Waals surface area contributed by atoms with Crippen LogP contribution in [0.15, 0.2) is 38.8 Å². The van der Waals surface area contributed by atoms with E-state index in [1.807, 2.05) is 6.07 Å². The average Bonchev–Trinajstić information content (AvgIpc) is 2.42. The summed E-state index contributed by atoms with van der Waals surface area (Å²) in [6.07, 6.45) is 4.72. The van der Waals surface area contributed by atoms with Crippen LogP contribution in [0.5, 0.6) is 0 Å². The van der Waals surface area contributed by atoms with Gasteiger partial charge in [-0.15, -0.1) is 0 Å². The molecule has 0 saturated carbocycles. The highest BCUT2D eigenvalue weighted by Crippen LogP contribution is 2.32. The summed E-state index contributed by atoms with van der Waals surface area (Å²) in [7, 11) is 0. The molecule has 2 rings (SSSR count). The number of rotatable bonds is 4. The summed E-state index contributed by atoms with van der Waals surface area (Å²) in [4.78, 5) is 2.53. The van der Waals surface area contributed by atoms with Crippen molar-refractivity contribution in [2.45, 2.75) is 32.7 Å². The minimum absolute atomic E-state index is 0.563. The highest BCUT2D eigenvalue weighted by atomic mass is 79.9. The summed E-state index contributed by atoms with van der Waals surface area (Å²) in [6, 6.07) is 6.77. The molecule has 1 aliphatic rings. The van der Waals surface area contributed by atoms with Gasteiger partial charge in [-0.3, -0.25) is 4.90 Å². The fourth-order valence-corrected chi connectivity index (χ4v) is 3.64. The van der Waals surface area contributed by atoms with E-state index in [2.05, 4.69) is 74.1 Å². The Bertz CT molecular complexity index is 453. The lowest BCUT2D eigenvalue weighted by Crippen LogP contribution is -2.39. The van der Waals surface area contributed by atoms with Crippen LogP contribution in [0.4, 0.5) is 5.69 Å². The van der Waals surface area contributed by atoms with Crippen LogP contribution >= 0.6 is 31.9 Å². The quantitative estimate of drug-likeness (QED) is 0.709. The third-order valence-corrected chi connectivity index (χ3v) is 4.98. The molecule has 0 amide bonds. The van der Waals surface area contributed by atoms with Gasteiger partial charge in [0.05, 0.1) is 5.69 Å². The Morgan fingerprint density at radius 3 is 2.40 bits per heavy atom. The molecule has 1 saturated heterocycles. The van der Waals surface area contributed by atoms with Crippen LogP contribution in [0.1, 0.15) is 26.7 Å².